The molecule has 156 valence electrons. The molecular formula is C23H33N5S. The van der Waals surface area contributed by atoms with Crippen LogP contribution in [0.25, 0.3) is 10.6 Å². The van der Waals surface area contributed by atoms with Crippen molar-refractivity contribution < 1.29 is 0 Å². The predicted molar refractivity (Wildman–Crippen MR) is 121 cm³/mol. The van der Waals surface area contributed by atoms with Gasteiger partial charge in [0.2, 0.25) is 5.95 Å². The summed E-state index contributed by atoms with van der Waals surface area (Å²) in [7, 11) is 0. The lowest BCUT2D eigenvalue weighted by atomic mass is 9.80. The number of hydrogen-bond donors (Lipinski definition) is 2. The minimum Gasteiger partial charge on any atom is -0.351 e. The van der Waals surface area contributed by atoms with Crippen molar-refractivity contribution in [2.45, 2.75) is 89.8 Å². The van der Waals surface area contributed by atoms with Crippen molar-refractivity contribution in [1.82, 2.24) is 15.3 Å². The lowest BCUT2D eigenvalue weighted by Gasteiger charge is -2.46. The van der Waals surface area contributed by atoms with Gasteiger partial charge in [0.05, 0.1) is 16.6 Å². The van der Waals surface area contributed by atoms with Crippen LogP contribution < -0.4 is 10.6 Å². The predicted octanol–water partition coefficient (Wildman–Crippen LogP) is 5.55. The van der Waals surface area contributed by atoms with Crippen LogP contribution >= 0.6 is 11.3 Å². The van der Waals surface area contributed by atoms with Crippen LogP contribution in [0, 0.1) is 11.3 Å². The van der Waals surface area contributed by atoms with Crippen LogP contribution in [-0.2, 0) is 6.42 Å². The number of nitriles is 1. The second kappa shape index (κ2) is 9.23. The number of nitrogens with one attached hydrogen (secondary N) is 2. The van der Waals surface area contributed by atoms with E-state index in [1.807, 2.05) is 23.6 Å². The molecule has 0 radical (unpaired) electrons. The van der Waals surface area contributed by atoms with Gasteiger partial charge in [-0.15, -0.1) is 11.3 Å². The molecule has 5 nitrogen and oxygen atoms in total. The first-order valence-electron chi connectivity index (χ1n) is 10.6. The smallest absolute Gasteiger partial charge is 0.223 e. The zero-order valence-electron chi connectivity index (χ0n) is 18.1. The Hall–Kier alpha value is -1.97. The quantitative estimate of drug-likeness (QED) is 0.557. The van der Waals surface area contributed by atoms with E-state index >= 15 is 0 Å². The molecule has 1 saturated heterocycles. The molecular weight excluding hydrogens is 378 g/mol. The molecule has 0 aliphatic carbocycles. The van der Waals surface area contributed by atoms with Crippen LogP contribution in [0.3, 0.4) is 0 Å². The summed E-state index contributed by atoms with van der Waals surface area (Å²) in [5.74, 6) is 0.715. The van der Waals surface area contributed by atoms with Gasteiger partial charge in [-0.2, -0.15) is 5.26 Å². The monoisotopic (exact) mass is 411 g/mol. The van der Waals surface area contributed by atoms with Crippen molar-refractivity contribution in [1.29, 1.82) is 5.26 Å². The molecule has 3 rings (SSSR count). The Morgan fingerprint density at radius 1 is 1.14 bits per heavy atom. The zero-order valence-corrected chi connectivity index (χ0v) is 18.9. The van der Waals surface area contributed by atoms with Crippen LogP contribution in [0.1, 0.15) is 71.1 Å². The third-order valence-corrected chi connectivity index (χ3v) is 6.47. The van der Waals surface area contributed by atoms with E-state index in [0.29, 0.717) is 18.4 Å². The van der Waals surface area contributed by atoms with Crippen LogP contribution in [0.5, 0.6) is 0 Å². The van der Waals surface area contributed by atoms with Crippen molar-refractivity contribution in [2.24, 2.45) is 0 Å². The Morgan fingerprint density at radius 2 is 1.90 bits per heavy atom. The fourth-order valence-corrected chi connectivity index (χ4v) is 5.52. The first-order chi connectivity index (χ1) is 13.8. The fraction of sp³-hybridized carbons (Fsp3) is 0.609. The number of aryl methyl sites for hydroxylation is 1. The van der Waals surface area contributed by atoms with E-state index in [2.05, 4.69) is 61.5 Å². The standard InChI is InChI=1S/C23H33N5S/c1-22(2)15-17(16-23(3,4)28-22)26-21-25-14-12-19(27-21)20-11-10-18(29-20)9-7-5-6-8-13-24/h10-12,14,17,28H,5-9,15-16H2,1-4H3,(H,25,26,27). The number of anilines is 1. The SMILES string of the molecule is CC1(C)CC(Nc2nccc(-c3ccc(CCCCCC#N)s3)n2)CC(C)(C)N1. The van der Waals surface area contributed by atoms with E-state index < -0.39 is 0 Å². The van der Waals surface area contributed by atoms with Crippen molar-refractivity contribution in [3.63, 3.8) is 0 Å². The average Bonchev–Trinajstić information content (AvgIpc) is 3.08. The first-order valence-corrected chi connectivity index (χ1v) is 11.4. The molecule has 1 aliphatic rings. The van der Waals surface area contributed by atoms with Crippen molar-refractivity contribution >= 4 is 17.3 Å². The molecule has 0 saturated carbocycles. The largest absolute Gasteiger partial charge is 0.351 e. The molecule has 0 spiro atoms. The minimum atomic E-state index is 0.0902. The molecule has 1 aliphatic heterocycles. The lowest BCUT2D eigenvalue weighted by molar-refractivity contribution is 0.170. The number of thiophene rings is 1. The van der Waals surface area contributed by atoms with Crippen LogP contribution in [-0.4, -0.2) is 27.1 Å². The highest BCUT2D eigenvalue weighted by Gasteiger charge is 2.37. The third-order valence-electron chi connectivity index (χ3n) is 5.30. The van der Waals surface area contributed by atoms with E-state index in [1.165, 1.54) is 9.75 Å². The van der Waals surface area contributed by atoms with Gasteiger partial charge in [0.1, 0.15) is 0 Å². The van der Waals surface area contributed by atoms with E-state index in [1.54, 1.807) is 0 Å². The Bertz CT molecular complexity index is 833. The topological polar surface area (TPSA) is 73.6 Å². The summed E-state index contributed by atoms with van der Waals surface area (Å²) in [5, 5.41) is 15.9. The second-order valence-electron chi connectivity index (χ2n) is 9.39. The normalized spacial score (nSPS) is 18.3. The highest BCUT2D eigenvalue weighted by atomic mass is 32.1. The molecule has 1 fully saturated rings. The Labute approximate surface area is 179 Å². The van der Waals surface area contributed by atoms with Crippen molar-refractivity contribution in [3.8, 4) is 16.6 Å². The Morgan fingerprint density at radius 3 is 2.62 bits per heavy atom. The number of aromatic nitrogens is 2. The summed E-state index contributed by atoms with van der Waals surface area (Å²) in [4.78, 5) is 11.8. The van der Waals surface area contributed by atoms with E-state index in [-0.39, 0.29) is 11.1 Å². The molecule has 0 amide bonds. The first kappa shape index (κ1) is 21.7. The maximum atomic E-state index is 8.62. The van der Waals surface area contributed by atoms with Gasteiger partial charge in [0.25, 0.3) is 0 Å². The summed E-state index contributed by atoms with van der Waals surface area (Å²) in [6.45, 7) is 9.03. The number of piperidine rings is 1. The minimum absolute atomic E-state index is 0.0902. The molecule has 0 atom stereocenters. The molecule has 29 heavy (non-hydrogen) atoms. The van der Waals surface area contributed by atoms with Crippen LogP contribution in [0.2, 0.25) is 0 Å². The van der Waals surface area contributed by atoms with Gasteiger partial charge in [-0.1, -0.05) is 6.42 Å². The fourth-order valence-electron chi connectivity index (χ4n) is 4.50. The van der Waals surface area contributed by atoms with Gasteiger partial charge < -0.3 is 10.6 Å². The highest BCUT2D eigenvalue weighted by Crippen LogP contribution is 2.31. The maximum absolute atomic E-state index is 8.62. The summed E-state index contributed by atoms with van der Waals surface area (Å²) < 4.78 is 0. The zero-order chi connectivity index (χ0) is 20.9. The van der Waals surface area contributed by atoms with E-state index in [0.717, 1.165) is 44.2 Å². The molecule has 6 heteroatoms. The summed E-state index contributed by atoms with van der Waals surface area (Å²) in [6, 6.07) is 8.93. The van der Waals surface area contributed by atoms with Crippen molar-refractivity contribution in [2.75, 3.05) is 5.32 Å². The van der Waals surface area contributed by atoms with Gasteiger partial charge in [0.15, 0.2) is 0 Å². The number of unbranched alkanes of at least 4 members (excludes halogenated alkanes) is 3. The molecule has 0 unspecified atom stereocenters. The average molecular weight is 412 g/mol. The maximum Gasteiger partial charge on any atom is 0.223 e. The summed E-state index contributed by atoms with van der Waals surface area (Å²) in [5.41, 5.74) is 1.16. The Kier molecular flexibility index (Phi) is 6.92. The van der Waals surface area contributed by atoms with Gasteiger partial charge in [-0.25, -0.2) is 9.97 Å². The van der Waals surface area contributed by atoms with Crippen molar-refractivity contribution in [3.05, 3.63) is 29.3 Å². The summed E-state index contributed by atoms with van der Waals surface area (Å²) in [6.07, 6.45) is 8.93. The van der Waals surface area contributed by atoms with Gasteiger partial charge in [-0.05, 0) is 78.0 Å². The van der Waals surface area contributed by atoms with Gasteiger partial charge in [0, 0.05) is 34.6 Å². The molecule has 2 aromatic heterocycles. The number of rotatable bonds is 8. The van der Waals surface area contributed by atoms with Crippen LogP contribution in [0.4, 0.5) is 5.95 Å². The molecule has 0 bridgehead atoms. The highest BCUT2D eigenvalue weighted by molar-refractivity contribution is 7.15. The second-order valence-corrected chi connectivity index (χ2v) is 10.6. The lowest BCUT2D eigenvalue weighted by Crippen LogP contribution is -2.60. The van der Waals surface area contributed by atoms with E-state index in [4.69, 9.17) is 10.2 Å². The van der Waals surface area contributed by atoms with Gasteiger partial charge in [-0.3, -0.25) is 0 Å². The molecule has 3 heterocycles. The van der Waals surface area contributed by atoms with E-state index in [9.17, 15) is 0 Å². The Balaban J connectivity index is 1.62. The molecule has 0 aromatic carbocycles. The molecule has 2 aromatic rings. The van der Waals surface area contributed by atoms with Gasteiger partial charge >= 0.3 is 0 Å². The number of hydrogen-bond acceptors (Lipinski definition) is 6. The van der Waals surface area contributed by atoms with Crippen LogP contribution in [0.15, 0.2) is 24.4 Å². The number of nitrogens with zero attached hydrogens (tertiary/aromatic N) is 3. The molecule has 2 N–H and O–H groups in total. The summed E-state index contributed by atoms with van der Waals surface area (Å²) >= 11 is 1.81. The third kappa shape index (κ3) is 6.52.